The van der Waals surface area contributed by atoms with E-state index in [0.717, 1.165) is 96.3 Å². The number of esters is 1. The molecule has 0 aliphatic heterocycles. The molecule has 0 aliphatic rings. The standard InChI is InChI=1S/C61H103NO5/c1-4-7-10-13-16-19-22-25-28-30-32-34-37-40-43-46-49-52-57(67-61(66)54-51-48-45-42-39-36-33-31-29-26-23-20-17-14-11-8-5-2)55-60(65)62-58(56-63)59(64)53-50-47-44-41-38-35-27-24-21-18-15-12-9-6-3/h8,11,14,16-17,19-20,23,25-26,28-29,31-34,36,39,57-59,63-64H,4-7,9-10,12-13,15,18,21-22,24,27,30,35,37-38,40-56H2,1-3H3,(H,62,65)/b11-8-,17-14+,19-16-,23-20+,28-25-,29-26-,33-31+,34-32-,39-36+. The predicted molar refractivity (Wildman–Crippen MR) is 291 cm³/mol. The smallest absolute Gasteiger partial charge is 0.306 e. The molecule has 0 heterocycles. The molecule has 67 heavy (non-hydrogen) atoms. The fourth-order valence-electron chi connectivity index (χ4n) is 7.82. The Hall–Kier alpha value is -3.48. The first kappa shape index (κ1) is 63.5. The van der Waals surface area contributed by atoms with Crippen LogP contribution in [0.1, 0.15) is 239 Å². The van der Waals surface area contributed by atoms with E-state index in [1.165, 1.54) is 96.3 Å². The van der Waals surface area contributed by atoms with E-state index in [0.29, 0.717) is 19.3 Å². The first-order valence-electron chi connectivity index (χ1n) is 27.7. The van der Waals surface area contributed by atoms with Crippen molar-refractivity contribution in [3.63, 3.8) is 0 Å². The Morgan fingerprint density at radius 3 is 1.39 bits per heavy atom. The van der Waals surface area contributed by atoms with E-state index in [2.05, 4.69) is 80.8 Å². The van der Waals surface area contributed by atoms with Gasteiger partial charge in [-0.3, -0.25) is 9.59 Å². The summed E-state index contributed by atoms with van der Waals surface area (Å²) >= 11 is 0. The van der Waals surface area contributed by atoms with Gasteiger partial charge in [0.15, 0.2) is 0 Å². The SMILES string of the molecule is CC\C=C/C=C/C=C/C=C\C=C\C=C\CCCCCC(=O)OC(CCCCCC/C=C\C/C=C\C/C=C\CCCCC)CC(=O)NC(CO)C(O)CCCCCCCCCCCCCCCC. The molecule has 3 atom stereocenters. The number of allylic oxidation sites excluding steroid dienone is 18. The van der Waals surface area contributed by atoms with Crippen LogP contribution in [0.5, 0.6) is 0 Å². The normalized spacial score (nSPS) is 14.0. The molecule has 0 saturated heterocycles. The summed E-state index contributed by atoms with van der Waals surface area (Å²) < 4.78 is 5.92. The minimum Gasteiger partial charge on any atom is -0.462 e. The Morgan fingerprint density at radius 2 is 0.866 bits per heavy atom. The Balaban J connectivity index is 4.74. The molecule has 3 N–H and O–H groups in total. The number of ether oxygens (including phenoxy) is 1. The van der Waals surface area contributed by atoms with Crippen LogP contribution in [0, 0.1) is 0 Å². The zero-order valence-corrected chi connectivity index (χ0v) is 43.5. The molecule has 0 fully saturated rings. The van der Waals surface area contributed by atoms with E-state index in [4.69, 9.17) is 4.74 Å². The van der Waals surface area contributed by atoms with Gasteiger partial charge in [0.25, 0.3) is 0 Å². The van der Waals surface area contributed by atoms with Crippen molar-refractivity contribution in [3.05, 3.63) is 109 Å². The summed E-state index contributed by atoms with van der Waals surface area (Å²) in [5.74, 6) is -0.553. The number of hydrogen-bond acceptors (Lipinski definition) is 5. The van der Waals surface area contributed by atoms with Crippen molar-refractivity contribution in [2.45, 2.75) is 257 Å². The number of carbonyl (C=O) groups is 2. The summed E-state index contributed by atoms with van der Waals surface area (Å²) in [6.07, 6.45) is 72.8. The van der Waals surface area contributed by atoms with Crippen molar-refractivity contribution in [2.24, 2.45) is 0 Å². The molecule has 0 bridgehead atoms. The van der Waals surface area contributed by atoms with Crippen molar-refractivity contribution in [1.82, 2.24) is 5.32 Å². The number of aliphatic hydroxyl groups excluding tert-OH is 2. The maximum atomic E-state index is 13.3. The van der Waals surface area contributed by atoms with Crippen molar-refractivity contribution < 1.29 is 24.5 Å². The summed E-state index contributed by atoms with van der Waals surface area (Å²) in [6.45, 7) is 6.30. The largest absolute Gasteiger partial charge is 0.462 e. The first-order chi connectivity index (χ1) is 33.0. The van der Waals surface area contributed by atoms with Crippen molar-refractivity contribution in [3.8, 4) is 0 Å². The van der Waals surface area contributed by atoms with Crippen LogP contribution in [0.4, 0.5) is 0 Å². The summed E-state index contributed by atoms with van der Waals surface area (Å²) in [5.41, 5.74) is 0. The van der Waals surface area contributed by atoms with Crippen LogP contribution in [0.2, 0.25) is 0 Å². The second kappa shape index (κ2) is 53.5. The highest BCUT2D eigenvalue weighted by molar-refractivity contribution is 5.77. The molecule has 0 saturated carbocycles. The molecule has 382 valence electrons. The van der Waals surface area contributed by atoms with Crippen molar-refractivity contribution in [2.75, 3.05) is 6.61 Å². The number of amides is 1. The van der Waals surface area contributed by atoms with Crippen LogP contribution in [-0.2, 0) is 14.3 Å². The van der Waals surface area contributed by atoms with Crippen LogP contribution in [0.3, 0.4) is 0 Å². The Kier molecular flexibility index (Phi) is 50.7. The number of aliphatic hydroxyl groups is 2. The van der Waals surface area contributed by atoms with Gasteiger partial charge in [0.1, 0.15) is 6.10 Å². The molecule has 6 heteroatoms. The Labute approximate surface area is 413 Å². The van der Waals surface area contributed by atoms with Crippen LogP contribution in [-0.4, -0.2) is 46.9 Å². The zero-order chi connectivity index (χ0) is 48.8. The summed E-state index contributed by atoms with van der Waals surface area (Å²) in [4.78, 5) is 26.2. The topological polar surface area (TPSA) is 95.9 Å². The molecule has 0 radical (unpaired) electrons. The fourth-order valence-corrected chi connectivity index (χ4v) is 7.82. The van der Waals surface area contributed by atoms with Gasteiger partial charge in [0.2, 0.25) is 5.91 Å². The Morgan fingerprint density at radius 1 is 0.463 bits per heavy atom. The maximum Gasteiger partial charge on any atom is 0.306 e. The number of unbranched alkanes of at least 4 members (excludes halogenated alkanes) is 23. The number of carbonyl (C=O) groups excluding carboxylic acids is 2. The third-order valence-electron chi connectivity index (χ3n) is 12.0. The highest BCUT2D eigenvalue weighted by Gasteiger charge is 2.24. The van der Waals surface area contributed by atoms with Gasteiger partial charge in [-0.2, -0.15) is 0 Å². The van der Waals surface area contributed by atoms with Crippen LogP contribution in [0.25, 0.3) is 0 Å². The molecule has 3 unspecified atom stereocenters. The molecule has 0 spiro atoms. The second-order valence-electron chi connectivity index (χ2n) is 18.4. The van der Waals surface area contributed by atoms with Gasteiger partial charge in [-0.25, -0.2) is 0 Å². The highest BCUT2D eigenvalue weighted by Crippen LogP contribution is 2.17. The molecular formula is C61H103NO5. The maximum absolute atomic E-state index is 13.3. The molecule has 1 amide bonds. The molecular weight excluding hydrogens is 827 g/mol. The average Bonchev–Trinajstić information content (AvgIpc) is 3.32. The number of rotatable bonds is 48. The molecule has 0 aromatic carbocycles. The molecule has 0 aromatic rings. The molecule has 0 aliphatic carbocycles. The molecule has 0 rings (SSSR count). The lowest BCUT2D eigenvalue weighted by Gasteiger charge is -2.24. The van der Waals surface area contributed by atoms with Crippen LogP contribution >= 0.6 is 0 Å². The lowest BCUT2D eigenvalue weighted by atomic mass is 10.0. The van der Waals surface area contributed by atoms with Crippen molar-refractivity contribution >= 4 is 11.9 Å². The van der Waals surface area contributed by atoms with Crippen molar-refractivity contribution in [1.29, 1.82) is 0 Å². The zero-order valence-electron chi connectivity index (χ0n) is 43.5. The van der Waals surface area contributed by atoms with Crippen LogP contribution in [0.15, 0.2) is 109 Å². The summed E-state index contributed by atoms with van der Waals surface area (Å²) in [6, 6.07) is -0.727. The van der Waals surface area contributed by atoms with Gasteiger partial charge in [0, 0.05) is 6.42 Å². The predicted octanol–water partition coefficient (Wildman–Crippen LogP) is 17.1. The summed E-state index contributed by atoms with van der Waals surface area (Å²) in [7, 11) is 0. The van der Waals surface area contributed by atoms with E-state index in [9.17, 15) is 19.8 Å². The first-order valence-corrected chi connectivity index (χ1v) is 27.7. The van der Waals surface area contributed by atoms with E-state index in [1.54, 1.807) is 0 Å². The van der Waals surface area contributed by atoms with Gasteiger partial charge in [-0.15, -0.1) is 0 Å². The molecule has 6 nitrogen and oxygen atoms in total. The van der Waals surface area contributed by atoms with Gasteiger partial charge in [0.05, 0.1) is 25.2 Å². The van der Waals surface area contributed by atoms with Gasteiger partial charge >= 0.3 is 5.97 Å². The monoisotopic (exact) mass is 930 g/mol. The third-order valence-corrected chi connectivity index (χ3v) is 12.0. The van der Waals surface area contributed by atoms with E-state index in [-0.39, 0.29) is 24.9 Å². The third kappa shape index (κ3) is 48.8. The Bertz CT molecular complexity index is 1370. The minimum atomic E-state index is -0.810. The van der Waals surface area contributed by atoms with Gasteiger partial charge in [-0.1, -0.05) is 252 Å². The second-order valence-corrected chi connectivity index (χ2v) is 18.4. The van der Waals surface area contributed by atoms with Crippen LogP contribution < -0.4 is 5.32 Å². The lowest BCUT2D eigenvalue weighted by Crippen LogP contribution is -2.46. The van der Waals surface area contributed by atoms with E-state index in [1.807, 2.05) is 54.7 Å². The lowest BCUT2D eigenvalue weighted by molar-refractivity contribution is -0.151. The average molecular weight is 930 g/mol. The molecule has 0 aromatic heterocycles. The number of hydrogen-bond donors (Lipinski definition) is 3. The minimum absolute atomic E-state index is 0.0379. The van der Waals surface area contributed by atoms with Gasteiger partial charge in [-0.05, 0) is 83.5 Å². The summed E-state index contributed by atoms with van der Waals surface area (Å²) in [5, 5.41) is 23.8. The van der Waals surface area contributed by atoms with E-state index < -0.39 is 18.2 Å². The number of nitrogens with one attached hydrogen (secondary N) is 1. The fraction of sp³-hybridized carbons (Fsp3) is 0.672. The van der Waals surface area contributed by atoms with Gasteiger partial charge < -0.3 is 20.3 Å². The quantitative estimate of drug-likeness (QED) is 0.0244. The highest BCUT2D eigenvalue weighted by atomic mass is 16.5. The van der Waals surface area contributed by atoms with E-state index >= 15 is 0 Å².